The summed E-state index contributed by atoms with van der Waals surface area (Å²) < 4.78 is 0. The van der Waals surface area contributed by atoms with E-state index in [1.165, 1.54) is 25.1 Å². The van der Waals surface area contributed by atoms with E-state index in [1.807, 2.05) is 12.1 Å². The molecule has 1 saturated heterocycles. The van der Waals surface area contributed by atoms with Crippen LogP contribution in [0.4, 0.5) is 0 Å². The number of piperidine rings is 1. The van der Waals surface area contributed by atoms with Crippen molar-refractivity contribution in [3.05, 3.63) is 34.9 Å². The van der Waals surface area contributed by atoms with Crippen LogP contribution in [0.15, 0.2) is 24.3 Å². The zero-order valence-electron chi connectivity index (χ0n) is 12.2. The first-order chi connectivity index (χ1) is 9.10. The minimum atomic E-state index is 0.412. The van der Waals surface area contributed by atoms with Crippen molar-refractivity contribution in [2.24, 2.45) is 5.92 Å². The molecule has 0 bridgehead atoms. The zero-order valence-corrected chi connectivity index (χ0v) is 13.0. The van der Waals surface area contributed by atoms with Crippen molar-refractivity contribution < 1.29 is 0 Å². The van der Waals surface area contributed by atoms with Gasteiger partial charge in [-0.25, -0.2) is 0 Å². The molecule has 0 aliphatic carbocycles. The Morgan fingerprint density at radius 2 is 2.26 bits per heavy atom. The van der Waals surface area contributed by atoms with Gasteiger partial charge in [0, 0.05) is 23.7 Å². The van der Waals surface area contributed by atoms with Crippen LogP contribution in [-0.2, 0) is 0 Å². The molecule has 1 aliphatic rings. The molecule has 106 valence electrons. The Morgan fingerprint density at radius 3 is 2.89 bits per heavy atom. The summed E-state index contributed by atoms with van der Waals surface area (Å²) in [6.45, 7) is 6.95. The second-order valence-electron chi connectivity index (χ2n) is 5.82. The molecule has 2 nitrogen and oxygen atoms in total. The molecule has 1 aromatic rings. The largest absolute Gasteiger partial charge is 0.307 e. The minimum Gasteiger partial charge on any atom is -0.307 e. The maximum atomic E-state index is 6.10. The van der Waals surface area contributed by atoms with Gasteiger partial charge in [0.25, 0.3) is 0 Å². The summed E-state index contributed by atoms with van der Waals surface area (Å²) in [6.07, 6.45) is 2.33. The highest BCUT2D eigenvalue weighted by atomic mass is 35.5. The molecule has 1 N–H and O–H groups in total. The van der Waals surface area contributed by atoms with E-state index < -0.39 is 0 Å². The lowest BCUT2D eigenvalue weighted by molar-refractivity contribution is 0.165. The van der Waals surface area contributed by atoms with E-state index in [1.54, 1.807) is 0 Å². The fourth-order valence-corrected chi connectivity index (χ4v) is 3.23. The van der Waals surface area contributed by atoms with E-state index in [-0.39, 0.29) is 0 Å². The van der Waals surface area contributed by atoms with Gasteiger partial charge in [-0.1, -0.05) is 37.6 Å². The van der Waals surface area contributed by atoms with Gasteiger partial charge in [-0.2, -0.15) is 0 Å². The van der Waals surface area contributed by atoms with Crippen LogP contribution >= 0.6 is 11.6 Å². The maximum Gasteiger partial charge on any atom is 0.0409 e. The predicted molar refractivity (Wildman–Crippen MR) is 82.7 cm³/mol. The molecule has 3 heteroatoms. The lowest BCUT2D eigenvalue weighted by Crippen LogP contribution is -2.47. The van der Waals surface area contributed by atoms with E-state index in [0.717, 1.165) is 11.4 Å². The molecular formula is C16H25ClN2. The molecule has 0 saturated carbocycles. The Bertz CT molecular complexity index is 407. The summed E-state index contributed by atoms with van der Waals surface area (Å²) in [5, 5.41) is 4.66. The molecule has 2 rings (SSSR count). The summed E-state index contributed by atoms with van der Waals surface area (Å²) in [5.74, 6) is 0.701. The van der Waals surface area contributed by atoms with Gasteiger partial charge in [-0.15, -0.1) is 0 Å². The first-order valence-electron chi connectivity index (χ1n) is 7.30. The van der Waals surface area contributed by atoms with Gasteiger partial charge in [-0.3, -0.25) is 0 Å². The summed E-state index contributed by atoms with van der Waals surface area (Å²) in [6, 6.07) is 9.26. The second kappa shape index (κ2) is 6.74. The van der Waals surface area contributed by atoms with Gasteiger partial charge < -0.3 is 10.2 Å². The Balaban J connectivity index is 2.03. The molecule has 3 unspecified atom stereocenters. The standard InChI is InChI=1S/C16H25ClN2/c1-4-15(13-6-5-7-14(17)10-13)18-16-8-9-19(3)11-12(16)2/h5-7,10,12,15-16,18H,4,8-9,11H2,1-3H3. The van der Waals surface area contributed by atoms with Gasteiger partial charge in [0.1, 0.15) is 0 Å². The number of nitrogens with one attached hydrogen (secondary N) is 1. The predicted octanol–water partition coefficient (Wildman–Crippen LogP) is 3.72. The highest BCUT2D eigenvalue weighted by molar-refractivity contribution is 6.30. The van der Waals surface area contributed by atoms with Crippen LogP contribution in [0.3, 0.4) is 0 Å². The van der Waals surface area contributed by atoms with E-state index in [4.69, 9.17) is 11.6 Å². The number of likely N-dealkylation sites (tertiary alicyclic amines) is 1. The molecule has 0 spiro atoms. The summed E-state index contributed by atoms with van der Waals surface area (Å²) in [4.78, 5) is 2.42. The molecule has 1 heterocycles. The number of rotatable bonds is 4. The van der Waals surface area contributed by atoms with E-state index in [2.05, 4.69) is 43.2 Å². The quantitative estimate of drug-likeness (QED) is 0.904. The number of hydrogen-bond donors (Lipinski definition) is 1. The van der Waals surface area contributed by atoms with Crippen LogP contribution in [-0.4, -0.2) is 31.1 Å². The van der Waals surface area contributed by atoms with E-state index >= 15 is 0 Å². The summed E-state index contributed by atoms with van der Waals surface area (Å²) in [7, 11) is 2.21. The van der Waals surface area contributed by atoms with Gasteiger partial charge in [0.05, 0.1) is 0 Å². The lowest BCUT2D eigenvalue weighted by Gasteiger charge is -2.37. The van der Waals surface area contributed by atoms with Crippen molar-refractivity contribution in [3.63, 3.8) is 0 Å². The van der Waals surface area contributed by atoms with Crippen molar-refractivity contribution in [1.82, 2.24) is 10.2 Å². The average Bonchev–Trinajstić information content (AvgIpc) is 2.38. The molecule has 0 aromatic heterocycles. The van der Waals surface area contributed by atoms with Crippen molar-refractivity contribution in [2.45, 2.75) is 38.8 Å². The van der Waals surface area contributed by atoms with Crippen LogP contribution in [0, 0.1) is 5.92 Å². The van der Waals surface area contributed by atoms with Gasteiger partial charge >= 0.3 is 0 Å². The molecule has 3 atom stereocenters. The van der Waals surface area contributed by atoms with Crippen molar-refractivity contribution in [2.75, 3.05) is 20.1 Å². The normalized spacial score (nSPS) is 26.3. The molecule has 1 aromatic carbocycles. The Morgan fingerprint density at radius 1 is 1.47 bits per heavy atom. The number of halogens is 1. The fraction of sp³-hybridized carbons (Fsp3) is 0.625. The Labute approximate surface area is 122 Å². The summed E-state index contributed by atoms with van der Waals surface area (Å²) in [5.41, 5.74) is 1.31. The van der Waals surface area contributed by atoms with E-state index in [0.29, 0.717) is 18.0 Å². The lowest BCUT2D eigenvalue weighted by atomic mass is 9.92. The van der Waals surface area contributed by atoms with E-state index in [9.17, 15) is 0 Å². The molecule has 0 amide bonds. The van der Waals surface area contributed by atoms with Crippen LogP contribution in [0.1, 0.15) is 38.3 Å². The topological polar surface area (TPSA) is 15.3 Å². The smallest absolute Gasteiger partial charge is 0.0409 e. The average molecular weight is 281 g/mol. The van der Waals surface area contributed by atoms with Gasteiger partial charge in [0.15, 0.2) is 0 Å². The van der Waals surface area contributed by atoms with Crippen LogP contribution < -0.4 is 5.32 Å². The third-order valence-electron chi connectivity index (χ3n) is 4.18. The van der Waals surface area contributed by atoms with Crippen molar-refractivity contribution in [3.8, 4) is 0 Å². The minimum absolute atomic E-state index is 0.412. The van der Waals surface area contributed by atoms with Gasteiger partial charge in [0.2, 0.25) is 0 Å². The maximum absolute atomic E-state index is 6.10. The van der Waals surface area contributed by atoms with Crippen molar-refractivity contribution in [1.29, 1.82) is 0 Å². The van der Waals surface area contributed by atoms with Crippen LogP contribution in [0.2, 0.25) is 5.02 Å². The first-order valence-corrected chi connectivity index (χ1v) is 7.68. The molecule has 1 aliphatic heterocycles. The monoisotopic (exact) mass is 280 g/mol. The molecule has 0 radical (unpaired) electrons. The zero-order chi connectivity index (χ0) is 13.8. The summed E-state index contributed by atoms with van der Waals surface area (Å²) >= 11 is 6.10. The Hall–Kier alpha value is -0.570. The third kappa shape index (κ3) is 3.95. The third-order valence-corrected chi connectivity index (χ3v) is 4.42. The molecular weight excluding hydrogens is 256 g/mol. The molecule has 19 heavy (non-hydrogen) atoms. The highest BCUT2D eigenvalue weighted by Gasteiger charge is 2.26. The second-order valence-corrected chi connectivity index (χ2v) is 6.25. The van der Waals surface area contributed by atoms with Crippen LogP contribution in [0.25, 0.3) is 0 Å². The fourth-order valence-electron chi connectivity index (χ4n) is 3.03. The van der Waals surface area contributed by atoms with Crippen molar-refractivity contribution >= 4 is 11.6 Å². The Kier molecular flexibility index (Phi) is 5.26. The number of nitrogens with zero attached hydrogens (tertiary/aromatic N) is 1. The molecule has 1 fully saturated rings. The SMILES string of the molecule is CCC(NC1CCN(C)CC1C)c1cccc(Cl)c1. The van der Waals surface area contributed by atoms with Gasteiger partial charge in [-0.05, 0) is 50.0 Å². The highest BCUT2D eigenvalue weighted by Crippen LogP contribution is 2.24. The number of benzene rings is 1. The first kappa shape index (κ1) is 14.8. The van der Waals surface area contributed by atoms with Crippen LogP contribution in [0.5, 0.6) is 0 Å². The number of hydrogen-bond acceptors (Lipinski definition) is 2.